The van der Waals surface area contributed by atoms with E-state index in [2.05, 4.69) is 0 Å². The molecular weight excluding hydrogens is 461 g/mol. The van der Waals surface area contributed by atoms with Crippen LogP contribution in [0.3, 0.4) is 0 Å². The number of hydrogen-bond donors (Lipinski definition) is 2. The van der Waals surface area contributed by atoms with Gasteiger partial charge in [0.15, 0.2) is 0 Å². The predicted molar refractivity (Wildman–Crippen MR) is 90.5 cm³/mol. The zero-order chi connectivity index (χ0) is 24.5. The molecule has 0 spiro atoms. The third-order valence-corrected chi connectivity index (χ3v) is 4.17. The number of halogens is 9. The highest BCUT2D eigenvalue weighted by molar-refractivity contribution is 5.97. The fraction of sp³-hybridized carbons (Fsp3) is 0.263. The van der Waals surface area contributed by atoms with Crippen LogP contribution in [0, 0.1) is 0 Å². The maximum atomic E-state index is 12.9. The van der Waals surface area contributed by atoms with Gasteiger partial charge in [-0.25, -0.2) is 4.79 Å². The van der Waals surface area contributed by atoms with Crippen LogP contribution in [0.15, 0.2) is 42.5 Å². The van der Waals surface area contributed by atoms with Crippen LogP contribution < -0.4 is 5.32 Å². The molecule has 0 aliphatic carbocycles. The van der Waals surface area contributed by atoms with Crippen LogP contribution in [0.1, 0.15) is 32.6 Å². The summed E-state index contributed by atoms with van der Waals surface area (Å²) in [5.41, 5.74) is -5.64. The average molecular weight is 473 g/mol. The van der Waals surface area contributed by atoms with E-state index < -0.39 is 65.1 Å². The van der Waals surface area contributed by atoms with E-state index in [9.17, 15) is 54.2 Å². The van der Waals surface area contributed by atoms with Crippen LogP contribution in [-0.4, -0.2) is 23.0 Å². The lowest BCUT2D eigenvalue weighted by Gasteiger charge is -2.17. The lowest BCUT2D eigenvalue weighted by Crippen LogP contribution is -2.42. The van der Waals surface area contributed by atoms with Crippen molar-refractivity contribution in [1.82, 2.24) is 5.32 Å². The highest BCUT2D eigenvalue weighted by Gasteiger charge is 2.38. The van der Waals surface area contributed by atoms with Gasteiger partial charge < -0.3 is 10.4 Å². The van der Waals surface area contributed by atoms with Crippen molar-refractivity contribution in [2.45, 2.75) is 31.0 Å². The van der Waals surface area contributed by atoms with E-state index in [1.54, 1.807) is 5.32 Å². The van der Waals surface area contributed by atoms with Crippen LogP contribution in [0.2, 0.25) is 0 Å². The molecule has 0 saturated heterocycles. The van der Waals surface area contributed by atoms with Gasteiger partial charge in [-0.3, -0.25) is 4.79 Å². The van der Waals surface area contributed by atoms with E-state index in [1.165, 1.54) is 0 Å². The minimum atomic E-state index is -5.22. The number of carboxylic acids is 1. The van der Waals surface area contributed by atoms with Crippen LogP contribution in [0.5, 0.6) is 0 Å². The van der Waals surface area contributed by atoms with E-state index in [0.29, 0.717) is 12.1 Å². The molecule has 2 aromatic carbocycles. The monoisotopic (exact) mass is 473 g/mol. The van der Waals surface area contributed by atoms with Gasteiger partial charge in [0, 0.05) is 12.0 Å². The fourth-order valence-corrected chi connectivity index (χ4v) is 2.59. The molecule has 174 valence electrons. The first-order valence-electron chi connectivity index (χ1n) is 8.48. The van der Waals surface area contributed by atoms with Crippen molar-refractivity contribution in [2.75, 3.05) is 0 Å². The molecule has 0 saturated carbocycles. The molecule has 0 aromatic heterocycles. The number of rotatable bonds is 5. The van der Waals surface area contributed by atoms with Crippen LogP contribution >= 0.6 is 0 Å². The molecule has 0 heterocycles. The number of nitrogens with one attached hydrogen (secondary N) is 1. The number of carbonyl (C=O) groups is 2. The standard InChI is InChI=1S/C19H12F9NO3/c20-17(21,22)11-3-1-9(2-4-11)5-14(16(31)32)29-15(30)10-6-12(18(23,24)25)8-13(7-10)19(26,27)28/h1-4,6-8,14H,5H2,(H,29,30)(H,31,32)/t14-/m0/s1. The number of carboxylic acid groups (broad SMARTS) is 1. The van der Waals surface area contributed by atoms with Crippen molar-refractivity contribution in [1.29, 1.82) is 0 Å². The molecule has 0 aliphatic rings. The molecule has 0 unspecified atom stereocenters. The summed E-state index contributed by atoms with van der Waals surface area (Å²) < 4.78 is 115. The number of hydrogen-bond acceptors (Lipinski definition) is 2. The highest BCUT2D eigenvalue weighted by atomic mass is 19.4. The van der Waals surface area contributed by atoms with Crippen molar-refractivity contribution >= 4 is 11.9 Å². The van der Waals surface area contributed by atoms with Crippen molar-refractivity contribution < 1.29 is 54.2 Å². The molecular formula is C19H12F9NO3. The fourth-order valence-electron chi connectivity index (χ4n) is 2.59. The molecule has 0 bridgehead atoms. The molecule has 0 aliphatic heterocycles. The molecule has 2 N–H and O–H groups in total. The van der Waals surface area contributed by atoms with Gasteiger partial charge in [0.05, 0.1) is 16.7 Å². The summed E-state index contributed by atoms with van der Waals surface area (Å²) in [5.74, 6) is -3.25. The van der Waals surface area contributed by atoms with E-state index in [4.69, 9.17) is 0 Å². The lowest BCUT2D eigenvalue weighted by molar-refractivity contribution is -0.143. The smallest absolute Gasteiger partial charge is 0.416 e. The Balaban J connectivity index is 2.31. The van der Waals surface area contributed by atoms with Gasteiger partial charge in [-0.15, -0.1) is 0 Å². The van der Waals surface area contributed by atoms with E-state index >= 15 is 0 Å². The average Bonchev–Trinajstić information content (AvgIpc) is 2.65. The third-order valence-electron chi connectivity index (χ3n) is 4.17. The summed E-state index contributed by atoms with van der Waals surface area (Å²) in [6.07, 6.45) is -15.7. The first kappa shape index (κ1) is 25.0. The molecule has 2 rings (SSSR count). The summed E-state index contributed by atoms with van der Waals surface area (Å²) in [6, 6.07) is 1.37. The Labute approximate surface area is 173 Å². The summed E-state index contributed by atoms with van der Waals surface area (Å²) in [5, 5.41) is 11.0. The van der Waals surface area contributed by atoms with Gasteiger partial charge in [-0.1, -0.05) is 12.1 Å². The normalized spacial score (nSPS) is 13.5. The Morgan fingerprint density at radius 1 is 0.750 bits per heavy atom. The van der Waals surface area contributed by atoms with Crippen molar-refractivity contribution in [3.8, 4) is 0 Å². The number of carbonyl (C=O) groups excluding carboxylic acids is 1. The van der Waals surface area contributed by atoms with Crippen molar-refractivity contribution in [3.63, 3.8) is 0 Å². The molecule has 4 nitrogen and oxygen atoms in total. The largest absolute Gasteiger partial charge is 0.480 e. The first-order chi connectivity index (χ1) is 14.5. The van der Waals surface area contributed by atoms with Gasteiger partial charge in [0.25, 0.3) is 5.91 Å². The molecule has 1 atom stereocenters. The maximum Gasteiger partial charge on any atom is 0.416 e. The summed E-state index contributed by atoms with van der Waals surface area (Å²) >= 11 is 0. The SMILES string of the molecule is O=C(N[C@@H](Cc1ccc(C(F)(F)F)cc1)C(=O)O)c1cc(C(F)(F)F)cc(C(F)(F)F)c1. The van der Waals surface area contributed by atoms with Crippen LogP contribution in [0.4, 0.5) is 39.5 Å². The first-order valence-corrected chi connectivity index (χ1v) is 8.48. The van der Waals surface area contributed by atoms with Crippen molar-refractivity contribution in [2.24, 2.45) is 0 Å². The Morgan fingerprint density at radius 2 is 1.19 bits per heavy atom. The molecule has 2 aromatic rings. The van der Waals surface area contributed by atoms with E-state index in [0.717, 1.165) is 12.1 Å². The second-order valence-electron chi connectivity index (χ2n) is 6.56. The second kappa shape index (κ2) is 8.71. The van der Waals surface area contributed by atoms with Gasteiger partial charge in [0.1, 0.15) is 6.04 Å². The molecule has 32 heavy (non-hydrogen) atoms. The predicted octanol–water partition coefficient (Wildman–Crippen LogP) is 5.17. The van der Waals surface area contributed by atoms with E-state index in [1.807, 2.05) is 0 Å². The number of aliphatic carboxylic acids is 1. The zero-order valence-electron chi connectivity index (χ0n) is 15.5. The van der Waals surface area contributed by atoms with Gasteiger partial charge >= 0.3 is 24.5 Å². The van der Waals surface area contributed by atoms with Gasteiger partial charge in [-0.05, 0) is 35.9 Å². The maximum absolute atomic E-state index is 12.9. The summed E-state index contributed by atoms with van der Waals surface area (Å²) in [4.78, 5) is 23.6. The number of benzene rings is 2. The number of amides is 1. The lowest BCUT2D eigenvalue weighted by atomic mass is 10.0. The molecule has 1 amide bonds. The Hall–Kier alpha value is -3.25. The Morgan fingerprint density at radius 3 is 1.56 bits per heavy atom. The topological polar surface area (TPSA) is 66.4 Å². The van der Waals surface area contributed by atoms with E-state index in [-0.39, 0.29) is 23.8 Å². The van der Waals surface area contributed by atoms with Crippen molar-refractivity contribution in [3.05, 3.63) is 70.3 Å². The van der Waals surface area contributed by atoms with Crippen LogP contribution in [-0.2, 0) is 29.7 Å². The minimum Gasteiger partial charge on any atom is -0.480 e. The quantitative estimate of drug-likeness (QED) is 0.590. The molecule has 0 radical (unpaired) electrons. The van der Waals surface area contributed by atoms with Gasteiger partial charge in [0.2, 0.25) is 0 Å². The second-order valence-corrected chi connectivity index (χ2v) is 6.56. The summed E-state index contributed by atoms with van der Waals surface area (Å²) in [7, 11) is 0. The van der Waals surface area contributed by atoms with Crippen LogP contribution in [0.25, 0.3) is 0 Å². The number of alkyl halides is 9. The van der Waals surface area contributed by atoms with Gasteiger partial charge in [-0.2, -0.15) is 39.5 Å². The molecule has 0 fully saturated rings. The third kappa shape index (κ3) is 6.37. The Bertz CT molecular complexity index is 961. The molecule has 13 heteroatoms. The highest BCUT2D eigenvalue weighted by Crippen LogP contribution is 2.36. The Kier molecular flexibility index (Phi) is 6.81. The minimum absolute atomic E-state index is 0.0192. The summed E-state index contributed by atoms with van der Waals surface area (Å²) in [6.45, 7) is 0. The zero-order valence-corrected chi connectivity index (χ0v) is 15.5.